The lowest BCUT2D eigenvalue weighted by atomic mass is 10.3. The van der Waals surface area contributed by atoms with E-state index in [1.165, 1.54) is 20.3 Å². The van der Waals surface area contributed by atoms with E-state index in [-0.39, 0.29) is 0 Å². The average molecular weight is 275 g/mol. The fraction of sp³-hybridized carbons (Fsp3) is 0.231. The first kappa shape index (κ1) is 11.6. The van der Waals surface area contributed by atoms with Crippen LogP contribution >= 0.6 is 22.7 Å². The molecule has 0 fully saturated rings. The summed E-state index contributed by atoms with van der Waals surface area (Å²) in [6.07, 6.45) is 4.75. The maximum atomic E-state index is 4.37. The zero-order valence-electron chi connectivity index (χ0n) is 10.0. The Morgan fingerprint density at radius 3 is 3.06 bits per heavy atom. The smallest absolute Gasteiger partial charge is 0.0945 e. The van der Waals surface area contributed by atoms with Gasteiger partial charge in [0.05, 0.1) is 20.9 Å². The number of nitrogens with zero attached hydrogens (tertiary/aromatic N) is 2. The van der Waals surface area contributed by atoms with E-state index in [9.17, 15) is 0 Å². The highest BCUT2D eigenvalue weighted by atomic mass is 32.1. The maximum absolute atomic E-state index is 4.37. The molecular weight excluding hydrogens is 262 g/mol. The molecular formula is C13H13N3S2. The minimum atomic E-state index is 0.907. The van der Waals surface area contributed by atoms with Gasteiger partial charge in [0.25, 0.3) is 0 Å². The Hall–Kier alpha value is -1.46. The normalized spacial score (nSPS) is 10.9. The SMILES string of the molecule is Cc1cnc(CCNc2ccnc3ccsc23)s1. The second-order valence-electron chi connectivity index (χ2n) is 4.03. The molecule has 5 heteroatoms. The fourth-order valence-electron chi connectivity index (χ4n) is 1.83. The molecule has 3 aromatic heterocycles. The van der Waals surface area contributed by atoms with Crippen LogP contribution in [0.4, 0.5) is 5.69 Å². The van der Waals surface area contributed by atoms with Crippen molar-refractivity contribution < 1.29 is 0 Å². The molecule has 92 valence electrons. The van der Waals surface area contributed by atoms with Crippen LogP contribution in [-0.4, -0.2) is 16.5 Å². The van der Waals surface area contributed by atoms with Crippen LogP contribution < -0.4 is 5.32 Å². The van der Waals surface area contributed by atoms with Gasteiger partial charge in [-0.15, -0.1) is 22.7 Å². The number of hydrogen-bond acceptors (Lipinski definition) is 5. The Bertz CT molecular complexity index is 657. The van der Waals surface area contributed by atoms with Gasteiger partial charge in [-0.3, -0.25) is 4.98 Å². The van der Waals surface area contributed by atoms with E-state index < -0.39 is 0 Å². The van der Waals surface area contributed by atoms with Gasteiger partial charge in [0, 0.05) is 30.2 Å². The maximum Gasteiger partial charge on any atom is 0.0945 e. The van der Waals surface area contributed by atoms with E-state index >= 15 is 0 Å². The van der Waals surface area contributed by atoms with Crippen molar-refractivity contribution in [3.63, 3.8) is 0 Å². The quantitative estimate of drug-likeness (QED) is 0.788. The first-order chi connectivity index (χ1) is 8.83. The van der Waals surface area contributed by atoms with Crippen molar-refractivity contribution in [2.45, 2.75) is 13.3 Å². The first-order valence-electron chi connectivity index (χ1n) is 5.80. The Labute approximate surface area is 114 Å². The summed E-state index contributed by atoms with van der Waals surface area (Å²) < 4.78 is 1.23. The second kappa shape index (κ2) is 5.04. The van der Waals surface area contributed by atoms with Gasteiger partial charge in [0.15, 0.2) is 0 Å². The molecule has 3 rings (SSSR count). The Balaban J connectivity index is 1.68. The van der Waals surface area contributed by atoms with Crippen LogP contribution in [-0.2, 0) is 6.42 Å². The molecule has 0 aliphatic rings. The number of pyridine rings is 1. The van der Waals surface area contributed by atoms with Gasteiger partial charge >= 0.3 is 0 Å². The van der Waals surface area contributed by atoms with Crippen molar-refractivity contribution in [2.24, 2.45) is 0 Å². The third-order valence-corrected chi connectivity index (χ3v) is 4.58. The van der Waals surface area contributed by atoms with Gasteiger partial charge in [0.1, 0.15) is 0 Å². The van der Waals surface area contributed by atoms with Crippen molar-refractivity contribution in [3.8, 4) is 0 Å². The summed E-state index contributed by atoms with van der Waals surface area (Å²) in [5, 5.41) is 6.74. The van der Waals surface area contributed by atoms with Crippen LogP contribution in [0, 0.1) is 6.92 Å². The molecule has 0 unspecified atom stereocenters. The average Bonchev–Trinajstić information content (AvgIpc) is 2.98. The Morgan fingerprint density at radius 1 is 1.28 bits per heavy atom. The number of thiazole rings is 1. The van der Waals surface area contributed by atoms with Crippen molar-refractivity contribution in [1.82, 2.24) is 9.97 Å². The summed E-state index contributed by atoms with van der Waals surface area (Å²) in [5.74, 6) is 0. The Morgan fingerprint density at radius 2 is 2.22 bits per heavy atom. The molecule has 0 aliphatic heterocycles. The van der Waals surface area contributed by atoms with Crippen molar-refractivity contribution in [3.05, 3.63) is 39.8 Å². The monoisotopic (exact) mass is 275 g/mol. The highest BCUT2D eigenvalue weighted by molar-refractivity contribution is 7.17. The summed E-state index contributed by atoms with van der Waals surface area (Å²) in [5.41, 5.74) is 2.23. The molecule has 0 saturated heterocycles. The van der Waals surface area contributed by atoms with Crippen LogP contribution in [0.1, 0.15) is 9.88 Å². The predicted molar refractivity (Wildman–Crippen MR) is 78.7 cm³/mol. The zero-order valence-corrected chi connectivity index (χ0v) is 11.6. The van der Waals surface area contributed by atoms with Crippen LogP contribution in [0.15, 0.2) is 29.9 Å². The highest BCUT2D eigenvalue weighted by Crippen LogP contribution is 2.26. The lowest BCUT2D eigenvalue weighted by Gasteiger charge is -2.05. The lowest BCUT2D eigenvalue weighted by Crippen LogP contribution is -2.04. The van der Waals surface area contributed by atoms with Crippen LogP contribution in [0.3, 0.4) is 0 Å². The van der Waals surface area contributed by atoms with Crippen molar-refractivity contribution in [1.29, 1.82) is 0 Å². The summed E-state index contributed by atoms with van der Waals surface area (Å²) in [4.78, 5) is 9.97. The van der Waals surface area contributed by atoms with E-state index in [0.717, 1.165) is 18.5 Å². The van der Waals surface area contributed by atoms with Crippen molar-refractivity contribution in [2.75, 3.05) is 11.9 Å². The van der Waals surface area contributed by atoms with Gasteiger partial charge < -0.3 is 5.32 Å². The third-order valence-electron chi connectivity index (χ3n) is 2.67. The topological polar surface area (TPSA) is 37.8 Å². The zero-order chi connectivity index (χ0) is 12.4. The second-order valence-corrected chi connectivity index (χ2v) is 6.27. The van der Waals surface area contributed by atoms with Crippen LogP contribution in [0.2, 0.25) is 0 Å². The number of anilines is 1. The number of nitrogens with one attached hydrogen (secondary N) is 1. The molecule has 0 aliphatic carbocycles. The van der Waals surface area contributed by atoms with E-state index in [1.807, 2.05) is 18.5 Å². The van der Waals surface area contributed by atoms with Crippen molar-refractivity contribution >= 4 is 38.6 Å². The number of rotatable bonds is 4. The van der Waals surface area contributed by atoms with E-state index in [4.69, 9.17) is 0 Å². The molecule has 3 nitrogen and oxygen atoms in total. The molecule has 3 heterocycles. The van der Waals surface area contributed by atoms with E-state index in [1.54, 1.807) is 22.7 Å². The van der Waals surface area contributed by atoms with Gasteiger partial charge in [-0.2, -0.15) is 0 Å². The number of aryl methyl sites for hydroxylation is 1. The number of aromatic nitrogens is 2. The van der Waals surface area contributed by atoms with Gasteiger partial charge in [-0.25, -0.2) is 4.98 Å². The summed E-state index contributed by atoms with van der Waals surface area (Å²) in [6, 6.07) is 4.08. The minimum Gasteiger partial charge on any atom is -0.383 e. The Kier molecular flexibility index (Phi) is 3.25. The molecule has 3 aromatic rings. The van der Waals surface area contributed by atoms with Gasteiger partial charge in [0.2, 0.25) is 0 Å². The number of hydrogen-bond donors (Lipinski definition) is 1. The van der Waals surface area contributed by atoms with E-state index in [0.29, 0.717) is 0 Å². The number of thiophene rings is 1. The van der Waals surface area contributed by atoms with Gasteiger partial charge in [-0.1, -0.05) is 0 Å². The van der Waals surface area contributed by atoms with Gasteiger partial charge in [-0.05, 0) is 24.4 Å². The third kappa shape index (κ3) is 2.37. The molecule has 0 saturated carbocycles. The molecule has 0 radical (unpaired) electrons. The fourth-order valence-corrected chi connectivity index (χ4v) is 3.46. The minimum absolute atomic E-state index is 0.907. The first-order valence-corrected chi connectivity index (χ1v) is 7.50. The highest BCUT2D eigenvalue weighted by Gasteiger charge is 2.03. The lowest BCUT2D eigenvalue weighted by molar-refractivity contribution is 0.999. The molecule has 0 bridgehead atoms. The van der Waals surface area contributed by atoms with Crippen LogP contribution in [0.25, 0.3) is 10.2 Å². The largest absolute Gasteiger partial charge is 0.383 e. The number of fused-ring (bicyclic) bond motifs is 1. The molecule has 18 heavy (non-hydrogen) atoms. The molecule has 1 N–H and O–H groups in total. The van der Waals surface area contributed by atoms with Crippen LogP contribution in [0.5, 0.6) is 0 Å². The standard InChI is InChI=1S/C13H13N3S2/c1-9-8-16-12(18-9)3-6-15-10-2-5-14-11-4-7-17-13(10)11/h2,4-5,7-8H,3,6H2,1H3,(H,14,15). The summed E-state index contributed by atoms with van der Waals surface area (Å²) >= 11 is 3.49. The van der Waals surface area contributed by atoms with E-state index in [2.05, 4.69) is 33.7 Å². The molecule has 0 amide bonds. The molecule has 0 aromatic carbocycles. The molecule has 0 atom stereocenters. The summed E-state index contributed by atoms with van der Waals surface area (Å²) in [6.45, 7) is 3.00. The summed E-state index contributed by atoms with van der Waals surface area (Å²) in [7, 11) is 0. The predicted octanol–water partition coefficient (Wildman–Crippen LogP) is 3.72. The molecule has 0 spiro atoms.